The molecule has 1 amide bonds. The number of carbonyl (C=O) groups is 1. The highest BCUT2D eigenvalue weighted by molar-refractivity contribution is 9.10. The van der Waals surface area contributed by atoms with Crippen molar-refractivity contribution in [3.63, 3.8) is 0 Å². The molecule has 1 aliphatic rings. The maximum Gasteiger partial charge on any atom is 0.280 e. The van der Waals surface area contributed by atoms with Gasteiger partial charge in [-0.25, -0.2) is 0 Å². The minimum absolute atomic E-state index is 0.0884. The summed E-state index contributed by atoms with van der Waals surface area (Å²) >= 11 is 3.46. The smallest absolute Gasteiger partial charge is 0.280 e. The van der Waals surface area contributed by atoms with Crippen LogP contribution in [0, 0.1) is 18.3 Å². The topological polar surface area (TPSA) is 74.9 Å². The minimum Gasteiger partial charge on any atom is -0.490 e. The van der Waals surface area contributed by atoms with E-state index in [4.69, 9.17) is 14.7 Å². The summed E-state index contributed by atoms with van der Waals surface area (Å²) in [5.74, 6) is 0.768. The quantitative estimate of drug-likeness (QED) is 0.584. The molecule has 6 nitrogen and oxygen atoms in total. The van der Waals surface area contributed by atoms with E-state index in [2.05, 4.69) is 21.0 Å². The normalized spacial score (nSPS) is 14.7. The number of hydrogen-bond donors (Lipinski definition) is 0. The van der Waals surface area contributed by atoms with Crippen molar-refractivity contribution in [1.29, 1.82) is 5.26 Å². The number of anilines is 1. The molecule has 0 saturated carbocycles. The lowest BCUT2D eigenvalue weighted by Crippen LogP contribution is -2.21. The van der Waals surface area contributed by atoms with E-state index >= 15 is 0 Å². The van der Waals surface area contributed by atoms with Gasteiger partial charge in [0.1, 0.15) is 6.07 Å². The Morgan fingerprint density at radius 2 is 1.93 bits per heavy atom. The summed E-state index contributed by atoms with van der Waals surface area (Å²) in [7, 11) is 0. The Hall–Kier alpha value is -3.11. The molecule has 0 aromatic heterocycles. The summed E-state index contributed by atoms with van der Waals surface area (Å²) in [4.78, 5) is 12.9. The third-order valence-corrected chi connectivity index (χ3v) is 4.85. The predicted octanol–water partition coefficient (Wildman–Crippen LogP) is 4.86. The highest BCUT2D eigenvalue weighted by Crippen LogP contribution is 2.38. The minimum atomic E-state index is -0.190. The fraction of sp³-hybridized carbons (Fsp3) is 0.227. The van der Waals surface area contributed by atoms with Gasteiger partial charge in [-0.1, -0.05) is 17.7 Å². The number of nitrogens with zero attached hydrogens (tertiary/aromatic N) is 3. The Kier molecular flexibility index (Phi) is 6.35. The number of hydrogen-bond acceptors (Lipinski definition) is 5. The van der Waals surface area contributed by atoms with Crippen LogP contribution >= 0.6 is 15.9 Å². The van der Waals surface area contributed by atoms with Crippen LogP contribution in [0.5, 0.6) is 11.5 Å². The van der Waals surface area contributed by atoms with Gasteiger partial charge in [0.25, 0.3) is 5.91 Å². The summed E-state index contributed by atoms with van der Waals surface area (Å²) in [5, 5.41) is 14.6. The average Bonchev–Trinajstić information content (AvgIpc) is 2.96. The maximum atomic E-state index is 12.9. The van der Waals surface area contributed by atoms with Crippen LogP contribution in [0.4, 0.5) is 5.69 Å². The largest absolute Gasteiger partial charge is 0.490 e. The van der Waals surface area contributed by atoms with Gasteiger partial charge in [0.2, 0.25) is 0 Å². The molecule has 1 aliphatic heterocycles. The Morgan fingerprint density at radius 1 is 1.21 bits per heavy atom. The van der Waals surface area contributed by atoms with Gasteiger partial charge >= 0.3 is 0 Å². The predicted molar refractivity (Wildman–Crippen MR) is 116 cm³/mol. The van der Waals surface area contributed by atoms with Crippen molar-refractivity contribution >= 4 is 39.3 Å². The number of carbonyl (C=O) groups excluding carboxylic acids is 1. The lowest BCUT2D eigenvalue weighted by atomic mass is 10.1. The number of benzene rings is 2. The highest BCUT2D eigenvalue weighted by atomic mass is 79.9. The van der Waals surface area contributed by atoms with Crippen molar-refractivity contribution < 1.29 is 14.3 Å². The zero-order valence-electron chi connectivity index (χ0n) is 16.4. The van der Waals surface area contributed by atoms with E-state index in [1.807, 2.05) is 50.2 Å². The lowest BCUT2D eigenvalue weighted by molar-refractivity contribution is -0.114. The fourth-order valence-electron chi connectivity index (χ4n) is 2.89. The molecule has 2 aromatic rings. The molecule has 0 fully saturated rings. The molecule has 0 N–H and O–H groups in total. The molecule has 3 rings (SSSR count). The van der Waals surface area contributed by atoms with E-state index < -0.39 is 0 Å². The fourth-order valence-corrected chi connectivity index (χ4v) is 3.46. The Bertz CT molecular complexity index is 1040. The van der Waals surface area contributed by atoms with E-state index in [-0.39, 0.29) is 12.5 Å². The first-order valence-corrected chi connectivity index (χ1v) is 9.88. The van der Waals surface area contributed by atoms with Crippen molar-refractivity contribution in [2.24, 2.45) is 5.10 Å². The molecule has 0 spiro atoms. The molecule has 148 valence electrons. The molecule has 29 heavy (non-hydrogen) atoms. The Balaban J connectivity index is 1.95. The van der Waals surface area contributed by atoms with E-state index in [1.54, 1.807) is 19.1 Å². The SMILES string of the molecule is CCOc1cc(/C=C2\C(=O)N(c3ccc(C)cc3)N=C2C)cc(Br)c1OCC#N. The summed E-state index contributed by atoms with van der Waals surface area (Å²) in [6, 6.07) is 13.2. The molecular formula is C22H20BrN3O3. The maximum absolute atomic E-state index is 12.9. The standard InChI is InChI=1S/C22H20BrN3O3/c1-4-28-20-13-16(12-19(23)21(20)29-10-9-24)11-18-15(3)25-26(22(18)27)17-7-5-14(2)6-8-17/h5-8,11-13H,4,10H2,1-3H3/b18-11-. The monoisotopic (exact) mass is 453 g/mol. The summed E-state index contributed by atoms with van der Waals surface area (Å²) in [5.41, 5.74) is 3.73. The first-order chi connectivity index (χ1) is 13.9. The van der Waals surface area contributed by atoms with Crippen LogP contribution in [-0.2, 0) is 4.79 Å². The van der Waals surface area contributed by atoms with Gasteiger partial charge in [-0.05, 0) is 72.6 Å². The number of amides is 1. The van der Waals surface area contributed by atoms with Gasteiger partial charge in [0.15, 0.2) is 18.1 Å². The van der Waals surface area contributed by atoms with Crippen molar-refractivity contribution in [2.45, 2.75) is 20.8 Å². The molecule has 0 atom stereocenters. The number of halogens is 1. The molecule has 0 aliphatic carbocycles. The van der Waals surface area contributed by atoms with Crippen LogP contribution in [0.2, 0.25) is 0 Å². The number of rotatable bonds is 6. The first kappa shape index (κ1) is 20.6. The zero-order valence-corrected chi connectivity index (χ0v) is 18.0. The Morgan fingerprint density at radius 3 is 2.59 bits per heavy atom. The van der Waals surface area contributed by atoms with E-state index in [9.17, 15) is 4.79 Å². The molecule has 0 unspecified atom stereocenters. The average molecular weight is 454 g/mol. The molecule has 2 aromatic carbocycles. The van der Waals surface area contributed by atoms with E-state index in [0.717, 1.165) is 16.8 Å². The molecule has 0 saturated heterocycles. The van der Waals surface area contributed by atoms with Crippen molar-refractivity contribution in [3.05, 3.63) is 57.6 Å². The zero-order chi connectivity index (χ0) is 21.0. The van der Waals surface area contributed by atoms with Crippen LogP contribution in [-0.4, -0.2) is 24.8 Å². The van der Waals surface area contributed by atoms with Crippen LogP contribution in [0.1, 0.15) is 25.0 Å². The van der Waals surface area contributed by atoms with Crippen LogP contribution < -0.4 is 14.5 Å². The van der Waals surface area contributed by atoms with Crippen molar-refractivity contribution in [2.75, 3.05) is 18.2 Å². The molecule has 0 bridgehead atoms. The number of nitriles is 1. The third-order valence-electron chi connectivity index (χ3n) is 4.26. The van der Waals surface area contributed by atoms with Crippen molar-refractivity contribution in [1.82, 2.24) is 0 Å². The number of hydrazone groups is 1. The van der Waals surface area contributed by atoms with Gasteiger partial charge in [0.05, 0.1) is 28.1 Å². The van der Waals surface area contributed by atoms with Crippen LogP contribution in [0.3, 0.4) is 0 Å². The lowest BCUT2D eigenvalue weighted by Gasteiger charge is -2.13. The van der Waals surface area contributed by atoms with Crippen molar-refractivity contribution in [3.8, 4) is 17.6 Å². The Labute approximate surface area is 178 Å². The molecular weight excluding hydrogens is 434 g/mol. The summed E-state index contributed by atoms with van der Waals surface area (Å²) in [6.45, 7) is 6.02. The number of aryl methyl sites for hydroxylation is 1. The summed E-state index contributed by atoms with van der Waals surface area (Å²) < 4.78 is 11.8. The highest BCUT2D eigenvalue weighted by Gasteiger charge is 2.28. The third kappa shape index (κ3) is 4.49. The molecule has 7 heteroatoms. The number of ether oxygens (including phenoxy) is 2. The van der Waals surface area contributed by atoms with E-state index in [1.165, 1.54) is 5.01 Å². The van der Waals surface area contributed by atoms with Gasteiger partial charge in [-0.15, -0.1) is 0 Å². The van der Waals surface area contributed by atoms with Gasteiger partial charge < -0.3 is 9.47 Å². The second-order valence-electron chi connectivity index (χ2n) is 6.41. The second kappa shape index (κ2) is 8.93. The van der Waals surface area contributed by atoms with E-state index in [0.29, 0.717) is 33.9 Å². The van der Waals surface area contributed by atoms with Crippen LogP contribution in [0.25, 0.3) is 6.08 Å². The summed E-state index contributed by atoms with van der Waals surface area (Å²) in [6.07, 6.45) is 1.77. The second-order valence-corrected chi connectivity index (χ2v) is 7.26. The van der Waals surface area contributed by atoms with Gasteiger partial charge in [-0.3, -0.25) is 4.79 Å². The van der Waals surface area contributed by atoms with Crippen LogP contribution in [0.15, 0.2) is 51.5 Å². The molecule has 0 radical (unpaired) electrons. The molecule has 1 heterocycles. The van der Waals surface area contributed by atoms with Gasteiger partial charge in [0, 0.05) is 0 Å². The first-order valence-electron chi connectivity index (χ1n) is 9.09. The van der Waals surface area contributed by atoms with Gasteiger partial charge in [-0.2, -0.15) is 15.4 Å².